The lowest BCUT2D eigenvalue weighted by molar-refractivity contribution is -0.136. The molecule has 0 aliphatic carbocycles. The molecule has 2 heterocycles. The predicted octanol–water partition coefficient (Wildman–Crippen LogP) is 1.46. The van der Waals surface area contributed by atoms with Gasteiger partial charge in [0.25, 0.3) is 0 Å². The van der Waals surface area contributed by atoms with Crippen LogP contribution in [0.25, 0.3) is 10.9 Å². The number of carbonyl (C=O) groups is 2. The average Bonchev–Trinajstić information content (AvgIpc) is 2.86. The molecule has 1 fully saturated rings. The number of thioether (sulfide) groups is 1. The van der Waals surface area contributed by atoms with Gasteiger partial charge in [-0.3, -0.25) is 9.59 Å². The van der Waals surface area contributed by atoms with Crippen molar-refractivity contribution in [2.24, 2.45) is 7.05 Å². The van der Waals surface area contributed by atoms with Crippen molar-refractivity contribution in [3.63, 3.8) is 0 Å². The summed E-state index contributed by atoms with van der Waals surface area (Å²) in [6.07, 6.45) is 5.20. The van der Waals surface area contributed by atoms with Crippen LogP contribution in [-0.2, 0) is 23.1 Å². The Morgan fingerprint density at radius 3 is 2.61 bits per heavy atom. The quantitative estimate of drug-likeness (QED) is 0.872. The van der Waals surface area contributed by atoms with E-state index in [2.05, 4.69) is 27.3 Å². The van der Waals surface area contributed by atoms with Crippen LogP contribution in [0.1, 0.15) is 12.0 Å². The van der Waals surface area contributed by atoms with Gasteiger partial charge in [-0.1, -0.05) is 18.2 Å². The Hall–Kier alpha value is -1.95. The third kappa shape index (κ3) is 3.22. The average molecular weight is 331 g/mol. The van der Waals surface area contributed by atoms with E-state index in [4.69, 9.17) is 0 Å². The number of piperazine rings is 1. The van der Waals surface area contributed by atoms with E-state index in [0.717, 1.165) is 22.2 Å². The number of aromatic nitrogens is 1. The number of nitrogens with zero attached hydrogens (tertiary/aromatic N) is 1. The number of hydrogen-bond donors (Lipinski definition) is 2. The second kappa shape index (κ2) is 6.66. The Bertz CT molecular complexity index is 741. The summed E-state index contributed by atoms with van der Waals surface area (Å²) in [7, 11) is 1.99. The topological polar surface area (TPSA) is 63.1 Å². The smallest absolute Gasteiger partial charge is 0.243 e. The molecular formula is C17H21N3O2S. The highest BCUT2D eigenvalue weighted by molar-refractivity contribution is 7.98. The van der Waals surface area contributed by atoms with Crippen molar-refractivity contribution >= 4 is 34.5 Å². The van der Waals surface area contributed by atoms with Gasteiger partial charge in [-0.2, -0.15) is 11.8 Å². The van der Waals surface area contributed by atoms with Crippen LogP contribution in [0.5, 0.6) is 0 Å². The molecule has 0 unspecified atom stereocenters. The minimum atomic E-state index is -0.501. The zero-order valence-corrected chi connectivity index (χ0v) is 14.2. The first kappa shape index (κ1) is 15.9. The summed E-state index contributed by atoms with van der Waals surface area (Å²) in [6, 6.07) is 7.18. The van der Waals surface area contributed by atoms with Crippen molar-refractivity contribution in [3.8, 4) is 0 Å². The van der Waals surface area contributed by atoms with Crippen LogP contribution < -0.4 is 10.6 Å². The molecule has 6 heteroatoms. The van der Waals surface area contributed by atoms with Gasteiger partial charge in [-0.05, 0) is 30.1 Å². The number of nitrogens with one attached hydrogen (secondary N) is 2. The van der Waals surface area contributed by atoms with Gasteiger partial charge in [0.15, 0.2) is 0 Å². The highest BCUT2D eigenvalue weighted by atomic mass is 32.2. The molecule has 2 aromatic rings. The summed E-state index contributed by atoms with van der Waals surface area (Å²) in [4.78, 5) is 24.5. The lowest BCUT2D eigenvalue weighted by Crippen LogP contribution is -2.62. The number of hydrogen-bond acceptors (Lipinski definition) is 3. The van der Waals surface area contributed by atoms with Crippen LogP contribution in [0.4, 0.5) is 0 Å². The molecule has 0 saturated carbocycles. The van der Waals surface area contributed by atoms with Crippen LogP contribution in [0.3, 0.4) is 0 Å². The van der Waals surface area contributed by atoms with E-state index < -0.39 is 12.1 Å². The van der Waals surface area contributed by atoms with Crippen LogP contribution in [0, 0.1) is 0 Å². The molecule has 1 aliphatic rings. The molecule has 2 N–H and O–H groups in total. The third-order valence-corrected chi connectivity index (χ3v) is 4.92. The number of carbonyl (C=O) groups excluding carboxylic acids is 2. The summed E-state index contributed by atoms with van der Waals surface area (Å²) in [6.45, 7) is 0. The number of amides is 2. The van der Waals surface area contributed by atoms with Crippen LogP contribution in [-0.4, -0.2) is 40.5 Å². The van der Waals surface area contributed by atoms with Crippen molar-refractivity contribution < 1.29 is 9.59 Å². The standard InChI is InChI=1S/C17H21N3O2S/c1-20-10-11(12-5-3-4-6-15(12)20)9-14-17(22)18-13(7-8-23-2)16(21)19-14/h3-6,10,13-14H,7-9H2,1-2H3,(H,18,22)(H,19,21)/t13-,14+/m0/s1. The van der Waals surface area contributed by atoms with Crippen molar-refractivity contribution in [3.05, 3.63) is 36.0 Å². The van der Waals surface area contributed by atoms with Gasteiger partial charge >= 0.3 is 0 Å². The van der Waals surface area contributed by atoms with Gasteiger partial charge in [-0.25, -0.2) is 0 Å². The monoisotopic (exact) mass is 331 g/mol. The molecule has 0 spiro atoms. The lowest BCUT2D eigenvalue weighted by atomic mass is 10.0. The maximum atomic E-state index is 12.3. The fraction of sp³-hybridized carbons (Fsp3) is 0.412. The second-order valence-corrected chi connectivity index (χ2v) is 6.88. The molecule has 1 aromatic heterocycles. The fourth-order valence-electron chi connectivity index (χ4n) is 3.07. The van der Waals surface area contributed by atoms with E-state index in [1.807, 2.05) is 31.6 Å². The third-order valence-electron chi connectivity index (χ3n) is 4.28. The van der Waals surface area contributed by atoms with E-state index in [1.165, 1.54) is 0 Å². The molecule has 122 valence electrons. The van der Waals surface area contributed by atoms with Gasteiger partial charge in [0, 0.05) is 30.6 Å². The molecule has 5 nitrogen and oxygen atoms in total. The number of para-hydroxylation sites is 1. The summed E-state index contributed by atoms with van der Waals surface area (Å²) < 4.78 is 2.05. The first-order valence-corrected chi connectivity index (χ1v) is 9.12. The molecular weight excluding hydrogens is 310 g/mol. The molecule has 23 heavy (non-hydrogen) atoms. The summed E-state index contributed by atoms with van der Waals surface area (Å²) in [5.74, 6) is 0.680. The van der Waals surface area contributed by atoms with Crippen molar-refractivity contribution in [1.29, 1.82) is 0 Å². The Morgan fingerprint density at radius 2 is 1.83 bits per heavy atom. The Kier molecular flexibility index (Phi) is 4.61. The number of rotatable bonds is 5. The van der Waals surface area contributed by atoms with Gasteiger partial charge in [0.05, 0.1) is 0 Å². The Labute approximate surface area is 139 Å². The van der Waals surface area contributed by atoms with Gasteiger partial charge in [0.1, 0.15) is 12.1 Å². The molecule has 0 radical (unpaired) electrons. The molecule has 2 amide bonds. The normalized spacial score (nSPS) is 21.3. The summed E-state index contributed by atoms with van der Waals surface area (Å²) in [5, 5.41) is 6.86. The zero-order chi connectivity index (χ0) is 16.4. The number of aryl methyl sites for hydroxylation is 1. The van der Waals surface area contributed by atoms with Gasteiger partial charge < -0.3 is 15.2 Å². The predicted molar refractivity (Wildman–Crippen MR) is 93.5 cm³/mol. The zero-order valence-electron chi connectivity index (χ0n) is 13.3. The lowest BCUT2D eigenvalue weighted by Gasteiger charge is -2.29. The highest BCUT2D eigenvalue weighted by Gasteiger charge is 2.33. The first-order valence-electron chi connectivity index (χ1n) is 7.72. The van der Waals surface area contributed by atoms with E-state index in [1.54, 1.807) is 11.8 Å². The van der Waals surface area contributed by atoms with E-state index >= 15 is 0 Å². The van der Waals surface area contributed by atoms with Gasteiger partial charge in [-0.15, -0.1) is 0 Å². The van der Waals surface area contributed by atoms with Crippen molar-refractivity contribution in [1.82, 2.24) is 15.2 Å². The molecule has 1 saturated heterocycles. The Balaban J connectivity index is 1.75. The minimum Gasteiger partial charge on any atom is -0.350 e. The first-order chi connectivity index (χ1) is 11.1. The van der Waals surface area contributed by atoms with E-state index in [-0.39, 0.29) is 11.8 Å². The number of benzene rings is 1. The second-order valence-electron chi connectivity index (χ2n) is 5.89. The van der Waals surface area contributed by atoms with Crippen LogP contribution in [0.2, 0.25) is 0 Å². The molecule has 3 rings (SSSR count). The van der Waals surface area contributed by atoms with Crippen LogP contribution in [0.15, 0.2) is 30.5 Å². The molecule has 1 aromatic carbocycles. The van der Waals surface area contributed by atoms with Crippen molar-refractivity contribution in [2.45, 2.75) is 24.9 Å². The minimum absolute atomic E-state index is 0.0797. The summed E-state index contributed by atoms with van der Waals surface area (Å²) in [5.41, 5.74) is 2.20. The van der Waals surface area contributed by atoms with Crippen molar-refractivity contribution in [2.75, 3.05) is 12.0 Å². The molecule has 0 bridgehead atoms. The summed E-state index contributed by atoms with van der Waals surface area (Å²) >= 11 is 1.67. The maximum Gasteiger partial charge on any atom is 0.243 e. The highest BCUT2D eigenvalue weighted by Crippen LogP contribution is 2.22. The SMILES string of the molecule is CSCC[C@@H]1NC(=O)[C@@H](Cc2cn(C)c3ccccc23)NC1=O. The number of fused-ring (bicyclic) bond motifs is 1. The largest absolute Gasteiger partial charge is 0.350 e. The Morgan fingerprint density at radius 1 is 1.13 bits per heavy atom. The van der Waals surface area contributed by atoms with E-state index in [9.17, 15) is 9.59 Å². The van der Waals surface area contributed by atoms with Gasteiger partial charge in [0.2, 0.25) is 11.8 Å². The van der Waals surface area contributed by atoms with Crippen LogP contribution >= 0.6 is 11.8 Å². The fourth-order valence-corrected chi connectivity index (χ4v) is 3.54. The molecule has 2 atom stereocenters. The molecule has 1 aliphatic heterocycles. The maximum absolute atomic E-state index is 12.3. The van der Waals surface area contributed by atoms with E-state index in [0.29, 0.717) is 12.8 Å².